The summed E-state index contributed by atoms with van der Waals surface area (Å²) in [5.41, 5.74) is 5.82. The Morgan fingerprint density at radius 1 is 0.745 bits per heavy atom. The molecule has 1 saturated heterocycles. The number of hydrogen-bond acceptors (Lipinski definition) is 4. The van der Waals surface area contributed by atoms with E-state index in [4.69, 9.17) is 0 Å². The molecule has 0 spiro atoms. The summed E-state index contributed by atoms with van der Waals surface area (Å²) in [4.78, 5) is 31.7. The number of piperidine rings is 1. The van der Waals surface area contributed by atoms with Crippen molar-refractivity contribution in [3.05, 3.63) is 174 Å². The fourth-order valence-corrected chi connectivity index (χ4v) is 8.95. The van der Waals surface area contributed by atoms with Crippen molar-refractivity contribution < 1.29 is 9.59 Å². The van der Waals surface area contributed by atoms with Gasteiger partial charge in [-0.3, -0.25) is 9.59 Å². The minimum atomic E-state index is -0.464. The predicted octanol–water partition coefficient (Wildman–Crippen LogP) is 8.59. The normalized spacial score (nSPS) is 16.3. The van der Waals surface area contributed by atoms with E-state index < -0.39 is 4.75 Å². The van der Waals surface area contributed by atoms with Gasteiger partial charge in [0, 0.05) is 62.4 Å². The van der Waals surface area contributed by atoms with Crippen molar-refractivity contribution in [3.8, 4) is 0 Å². The monoisotopic (exact) mass is 695 g/mol. The molecule has 0 radical (unpaired) electrons. The molecule has 1 aliphatic heterocycles. The molecule has 5 nitrogen and oxygen atoms in total. The van der Waals surface area contributed by atoms with Crippen molar-refractivity contribution in [1.82, 2.24) is 10.2 Å². The van der Waals surface area contributed by atoms with Crippen LogP contribution in [0.15, 0.2) is 152 Å². The van der Waals surface area contributed by atoms with Crippen LogP contribution in [-0.2, 0) is 20.8 Å². The topological polar surface area (TPSA) is 52.7 Å². The van der Waals surface area contributed by atoms with Crippen LogP contribution in [0.25, 0.3) is 0 Å². The molecule has 0 aromatic heterocycles. The molecule has 2 atom stereocenters. The zero-order valence-corrected chi connectivity index (χ0v) is 30.4. The quantitative estimate of drug-likeness (QED) is 0.112. The van der Waals surface area contributed by atoms with Crippen molar-refractivity contribution >= 4 is 29.3 Å². The summed E-state index contributed by atoms with van der Waals surface area (Å²) in [5, 5.41) is 3.33. The number of thioether (sulfide) groups is 1. The molecule has 5 aromatic rings. The smallest absolute Gasteiger partial charge is 0.226 e. The van der Waals surface area contributed by atoms with E-state index in [9.17, 15) is 9.59 Å². The van der Waals surface area contributed by atoms with Crippen molar-refractivity contribution in [3.63, 3.8) is 0 Å². The Kier molecular flexibility index (Phi) is 12.8. The van der Waals surface area contributed by atoms with Crippen molar-refractivity contribution in [1.29, 1.82) is 0 Å². The number of nitrogens with zero attached hydrogens (tertiary/aromatic N) is 2. The van der Waals surface area contributed by atoms with Gasteiger partial charge in [0.2, 0.25) is 11.8 Å². The number of benzene rings is 5. The van der Waals surface area contributed by atoms with E-state index in [0.717, 1.165) is 38.2 Å². The summed E-state index contributed by atoms with van der Waals surface area (Å²) >= 11 is 1.81. The fraction of sp³-hybridized carbons (Fsp3) is 0.289. The van der Waals surface area contributed by atoms with Gasteiger partial charge in [-0.25, -0.2) is 0 Å². The van der Waals surface area contributed by atoms with Gasteiger partial charge in [-0.1, -0.05) is 146 Å². The lowest BCUT2D eigenvalue weighted by molar-refractivity contribution is -0.121. The number of likely N-dealkylation sites (tertiary alicyclic amines) is 1. The number of para-hydroxylation sites is 1. The van der Waals surface area contributed by atoms with Crippen molar-refractivity contribution in [2.75, 3.05) is 36.8 Å². The SMILES string of the molecule is CCC(=O)N(c1ccccc1)[C@@H]1CCN(CCc2ccccc2)C[C@H]1CNC(=O)CCSC(c1ccccc1)(c1ccccc1)c1ccccc1. The van der Waals surface area contributed by atoms with E-state index in [0.29, 0.717) is 25.1 Å². The summed E-state index contributed by atoms with van der Waals surface area (Å²) in [5.74, 6) is 0.903. The third-order valence-corrected chi connectivity index (χ3v) is 11.6. The van der Waals surface area contributed by atoms with E-state index >= 15 is 0 Å². The summed E-state index contributed by atoms with van der Waals surface area (Å²) in [6.07, 6.45) is 2.67. The van der Waals surface area contributed by atoms with E-state index in [1.54, 1.807) is 0 Å². The average molecular weight is 696 g/mol. The molecule has 1 N–H and O–H groups in total. The highest BCUT2D eigenvalue weighted by molar-refractivity contribution is 8.00. The second-order valence-corrected chi connectivity index (χ2v) is 14.6. The maximum absolute atomic E-state index is 13.7. The maximum Gasteiger partial charge on any atom is 0.226 e. The van der Waals surface area contributed by atoms with Gasteiger partial charge < -0.3 is 15.1 Å². The first kappa shape index (κ1) is 36.2. The Morgan fingerprint density at radius 2 is 1.25 bits per heavy atom. The Bertz CT molecular complexity index is 1690. The number of amides is 2. The molecule has 1 aliphatic rings. The lowest BCUT2D eigenvalue weighted by Gasteiger charge is -2.44. The lowest BCUT2D eigenvalue weighted by Crippen LogP contribution is -2.56. The zero-order valence-electron chi connectivity index (χ0n) is 29.6. The van der Waals surface area contributed by atoms with Gasteiger partial charge in [-0.2, -0.15) is 0 Å². The summed E-state index contributed by atoms with van der Waals surface area (Å²) in [6, 6.07) is 52.5. The average Bonchev–Trinajstić information content (AvgIpc) is 3.20. The van der Waals surface area contributed by atoms with Gasteiger partial charge in [0.15, 0.2) is 0 Å². The second-order valence-electron chi connectivity index (χ2n) is 13.3. The van der Waals surface area contributed by atoms with Gasteiger partial charge in [0.1, 0.15) is 0 Å². The first-order chi connectivity index (χ1) is 25.1. The summed E-state index contributed by atoms with van der Waals surface area (Å²) in [6.45, 7) is 5.15. The molecule has 1 heterocycles. The molecule has 0 saturated carbocycles. The molecular weight excluding hydrogens is 647 g/mol. The number of anilines is 1. The van der Waals surface area contributed by atoms with E-state index in [-0.39, 0.29) is 23.8 Å². The number of carbonyl (C=O) groups excluding carboxylic acids is 2. The van der Waals surface area contributed by atoms with Crippen LogP contribution in [0.1, 0.15) is 48.4 Å². The van der Waals surface area contributed by atoms with Crippen LogP contribution in [0.3, 0.4) is 0 Å². The van der Waals surface area contributed by atoms with E-state index in [1.165, 1.54) is 22.3 Å². The number of nitrogens with one attached hydrogen (secondary N) is 1. The Balaban J connectivity index is 1.18. The molecule has 262 valence electrons. The highest BCUT2D eigenvalue weighted by atomic mass is 32.2. The third kappa shape index (κ3) is 8.99. The molecule has 0 unspecified atom stereocenters. The second kappa shape index (κ2) is 18.0. The molecular formula is C45H49N3O2S. The summed E-state index contributed by atoms with van der Waals surface area (Å²) in [7, 11) is 0. The van der Waals surface area contributed by atoms with Crippen LogP contribution in [0, 0.1) is 5.92 Å². The maximum atomic E-state index is 13.7. The van der Waals surface area contributed by atoms with E-state index in [1.807, 2.05) is 53.9 Å². The van der Waals surface area contributed by atoms with Crippen LogP contribution >= 0.6 is 11.8 Å². The van der Waals surface area contributed by atoms with Gasteiger partial charge in [-0.15, -0.1) is 11.8 Å². The Hall–Kier alpha value is -4.65. The van der Waals surface area contributed by atoms with Crippen LogP contribution in [0.2, 0.25) is 0 Å². The lowest BCUT2D eigenvalue weighted by atomic mass is 9.84. The van der Waals surface area contributed by atoms with Gasteiger partial charge in [0.05, 0.1) is 4.75 Å². The molecule has 5 aromatic carbocycles. The minimum absolute atomic E-state index is 0.00407. The largest absolute Gasteiger partial charge is 0.356 e. The van der Waals surface area contributed by atoms with E-state index in [2.05, 4.69) is 132 Å². The molecule has 0 bridgehead atoms. The van der Waals surface area contributed by atoms with Crippen LogP contribution in [0.4, 0.5) is 5.69 Å². The van der Waals surface area contributed by atoms with Gasteiger partial charge in [-0.05, 0) is 47.2 Å². The first-order valence-electron chi connectivity index (χ1n) is 18.3. The Labute approximate surface area is 308 Å². The highest BCUT2D eigenvalue weighted by Gasteiger charge is 2.38. The van der Waals surface area contributed by atoms with Crippen molar-refractivity contribution in [2.24, 2.45) is 5.92 Å². The molecule has 0 aliphatic carbocycles. The van der Waals surface area contributed by atoms with Gasteiger partial charge in [0.25, 0.3) is 0 Å². The third-order valence-electron chi connectivity index (χ3n) is 10.0. The molecule has 6 rings (SSSR count). The summed E-state index contributed by atoms with van der Waals surface area (Å²) < 4.78 is -0.464. The van der Waals surface area contributed by atoms with Crippen molar-refractivity contribution in [2.45, 2.75) is 43.4 Å². The van der Waals surface area contributed by atoms with Gasteiger partial charge >= 0.3 is 0 Å². The molecule has 51 heavy (non-hydrogen) atoms. The molecule has 6 heteroatoms. The molecule has 2 amide bonds. The Morgan fingerprint density at radius 3 is 1.78 bits per heavy atom. The minimum Gasteiger partial charge on any atom is -0.356 e. The van der Waals surface area contributed by atoms with Crippen LogP contribution in [-0.4, -0.2) is 54.7 Å². The number of rotatable bonds is 15. The zero-order chi connectivity index (χ0) is 35.3. The highest BCUT2D eigenvalue weighted by Crippen LogP contribution is 2.48. The standard InChI is InChI=1S/C45H49N3O2S/c1-2-44(50)48(41-26-16-7-17-27-41)42-29-32-47(31-28-36-18-8-3-9-19-36)35-37(42)34-46-43(49)30-33-51-45(38-20-10-4-11-21-38,39-22-12-5-13-23-39)40-24-14-6-15-25-40/h3-27,37,42H,2,28-35H2,1H3,(H,46,49)/t37-,42-/m1/s1. The number of carbonyl (C=O) groups is 2. The fourth-order valence-electron chi connectivity index (χ4n) is 7.45. The predicted molar refractivity (Wildman–Crippen MR) is 212 cm³/mol. The number of hydrogen-bond donors (Lipinski definition) is 1. The van der Waals surface area contributed by atoms with Crippen LogP contribution in [0.5, 0.6) is 0 Å². The first-order valence-corrected chi connectivity index (χ1v) is 19.3. The van der Waals surface area contributed by atoms with Crippen LogP contribution < -0.4 is 10.2 Å². The molecule has 1 fully saturated rings.